The SMILES string of the molecule is CC(C)C(=O)CN(C)C(=O)CN(C)C(=O)CNC(=O)C(C)C. The number of likely N-dealkylation sites (N-methyl/N-ethyl adjacent to an activating group) is 2. The Balaban J connectivity index is 4.31. The zero-order valence-electron chi connectivity index (χ0n) is 14.3. The molecule has 0 heterocycles. The van der Waals surface area contributed by atoms with Gasteiger partial charge in [-0.1, -0.05) is 27.7 Å². The van der Waals surface area contributed by atoms with Crippen LogP contribution in [0.25, 0.3) is 0 Å². The number of Topliss-reactive ketones (excluding diaryl/α,β-unsaturated/α-hetero) is 1. The van der Waals surface area contributed by atoms with Gasteiger partial charge in [-0.25, -0.2) is 0 Å². The van der Waals surface area contributed by atoms with Crippen LogP contribution >= 0.6 is 0 Å². The van der Waals surface area contributed by atoms with Gasteiger partial charge in [0, 0.05) is 25.9 Å². The summed E-state index contributed by atoms with van der Waals surface area (Å²) in [6.45, 7) is 6.76. The second-order valence-electron chi connectivity index (χ2n) is 5.99. The average Bonchev–Trinajstić information content (AvgIpc) is 2.43. The Bertz CT molecular complexity index is 433. The second-order valence-corrected chi connectivity index (χ2v) is 5.99. The lowest BCUT2D eigenvalue weighted by Gasteiger charge is -2.22. The van der Waals surface area contributed by atoms with Crippen LogP contribution in [-0.2, 0) is 19.2 Å². The molecule has 0 unspecified atom stereocenters. The molecular formula is C15H27N3O4. The van der Waals surface area contributed by atoms with Crippen molar-refractivity contribution in [2.75, 3.05) is 33.7 Å². The topological polar surface area (TPSA) is 86.8 Å². The number of nitrogens with zero attached hydrogens (tertiary/aromatic N) is 2. The van der Waals surface area contributed by atoms with Gasteiger partial charge in [0.25, 0.3) is 0 Å². The highest BCUT2D eigenvalue weighted by molar-refractivity contribution is 5.90. The predicted molar refractivity (Wildman–Crippen MR) is 83.0 cm³/mol. The van der Waals surface area contributed by atoms with Gasteiger partial charge in [0.1, 0.15) is 0 Å². The van der Waals surface area contributed by atoms with Crippen LogP contribution in [0.2, 0.25) is 0 Å². The minimum absolute atomic E-state index is 0.0304. The molecule has 0 aromatic rings. The van der Waals surface area contributed by atoms with E-state index in [0.717, 1.165) is 0 Å². The first kappa shape index (κ1) is 20.1. The highest BCUT2D eigenvalue weighted by Crippen LogP contribution is 1.98. The van der Waals surface area contributed by atoms with Gasteiger partial charge in [-0.3, -0.25) is 19.2 Å². The first-order valence-electron chi connectivity index (χ1n) is 7.34. The van der Waals surface area contributed by atoms with Gasteiger partial charge in [0.05, 0.1) is 19.6 Å². The molecule has 0 aliphatic rings. The molecule has 7 heteroatoms. The quantitative estimate of drug-likeness (QED) is 0.678. The average molecular weight is 313 g/mol. The van der Waals surface area contributed by atoms with Crippen LogP contribution in [0.15, 0.2) is 0 Å². The minimum atomic E-state index is -0.356. The number of rotatable bonds is 8. The molecule has 126 valence electrons. The molecule has 22 heavy (non-hydrogen) atoms. The van der Waals surface area contributed by atoms with Gasteiger partial charge >= 0.3 is 0 Å². The fourth-order valence-corrected chi connectivity index (χ4v) is 1.42. The molecule has 0 spiro atoms. The number of amides is 3. The van der Waals surface area contributed by atoms with Crippen molar-refractivity contribution in [1.29, 1.82) is 0 Å². The molecule has 0 saturated carbocycles. The van der Waals surface area contributed by atoms with Crippen LogP contribution in [-0.4, -0.2) is 67.0 Å². The summed E-state index contributed by atoms with van der Waals surface area (Å²) >= 11 is 0. The molecule has 0 radical (unpaired) electrons. The van der Waals surface area contributed by atoms with Gasteiger partial charge in [-0.2, -0.15) is 0 Å². The lowest BCUT2D eigenvalue weighted by molar-refractivity contribution is -0.140. The van der Waals surface area contributed by atoms with E-state index in [-0.39, 0.29) is 55.0 Å². The Kier molecular flexibility index (Phi) is 8.37. The Hall–Kier alpha value is -1.92. The Labute approximate surface area is 132 Å². The molecule has 0 aromatic carbocycles. The van der Waals surface area contributed by atoms with Crippen LogP contribution in [0.1, 0.15) is 27.7 Å². The summed E-state index contributed by atoms with van der Waals surface area (Å²) in [6, 6.07) is 0. The Morgan fingerprint density at radius 2 is 1.32 bits per heavy atom. The summed E-state index contributed by atoms with van der Waals surface area (Å²) in [5, 5.41) is 2.50. The Morgan fingerprint density at radius 1 is 0.818 bits per heavy atom. The largest absolute Gasteiger partial charge is 0.347 e. The molecule has 7 nitrogen and oxygen atoms in total. The van der Waals surface area contributed by atoms with E-state index in [1.807, 2.05) is 0 Å². The third kappa shape index (κ3) is 7.19. The van der Waals surface area contributed by atoms with E-state index < -0.39 is 0 Å². The lowest BCUT2D eigenvalue weighted by atomic mass is 10.1. The maximum atomic E-state index is 12.0. The molecule has 0 bridgehead atoms. The molecule has 0 aliphatic heterocycles. The first-order chi connectivity index (χ1) is 10.1. The summed E-state index contributed by atoms with van der Waals surface area (Å²) in [5.41, 5.74) is 0. The fourth-order valence-electron chi connectivity index (χ4n) is 1.42. The van der Waals surface area contributed by atoms with Crippen molar-refractivity contribution in [2.45, 2.75) is 27.7 Å². The maximum absolute atomic E-state index is 12.0. The van der Waals surface area contributed by atoms with Gasteiger partial charge in [0.2, 0.25) is 17.7 Å². The summed E-state index contributed by atoms with van der Waals surface area (Å²) in [7, 11) is 3.02. The third-order valence-corrected chi connectivity index (χ3v) is 3.20. The van der Waals surface area contributed by atoms with Gasteiger partial charge in [0.15, 0.2) is 5.78 Å². The van der Waals surface area contributed by atoms with Crippen molar-refractivity contribution in [1.82, 2.24) is 15.1 Å². The molecule has 0 atom stereocenters. The molecule has 3 amide bonds. The predicted octanol–water partition coefficient (Wildman–Crippen LogP) is -0.0995. The van der Waals surface area contributed by atoms with Gasteiger partial charge < -0.3 is 15.1 Å². The maximum Gasteiger partial charge on any atom is 0.242 e. The van der Waals surface area contributed by atoms with Gasteiger partial charge in [-0.15, -0.1) is 0 Å². The van der Waals surface area contributed by atoms with Gasteiger partial charge in [-0.05, 0) is 0 Å². The minimum Gasteiger partial charge on any atom is -0.347 e. The second kappa shape index (κ2) is 9.17. The molecule has 0 aliphatic carbocycles. The van der Waals surface area contributed by atoms with Crippen LogP contribution in [0.4, 0.5) is 0 Å². The lowest BCUT2D eigenvalue weighted by Crippen LogP contribution is -2.45. The van der Waals surface area contributed by atoms with E-state index in [9.17, 15) is 19.2 Å². The van der Waals surface area contributed by atoms with Crippen molar-refractivity contribution in [2.24, 2.45) is 11.8 Å². The third-order valence-electron chi connectivity index (χ3n) is 3.20. The highest BCUT2D eigenvalue weighted by Gasteiger charge is 2.19. The van der Waals surface area contributed by atoms with Crippen LogP contribution in [0.5, 0.6) is 0 Å². The van der Waals surface area contributed by atoms with E-state index in [1.54, 1.807) is 27.7 Å². The molecule has 1 N–H and O–H groups in total. The summed E-state index contributed by atoms with van der Waals surface area (Å²) in [4.78, 5) is 49.3. The van der Waals surface area contributed by atoms with E-state index in [4.69, 9.17) is 0 Å². The van der Waals surface area contributed by atoms with Crippen molar-refractivity contribution in [3.05, 3.63) is 0 Å². The summed E-state index contributed by atoms with van der Waals surface area (Å²) in [6.07, 6.45) is 0. The number of hydrogen-bond acceptors (Lipinski definition) is 4. The number of ketones is 1. The highest BCUT2D eigenvalue weighted by atomic mass is 16.2. The van der Waals surface area contributed by atoms with Crippen molar-refractivity contribution in [3.63, 3.8) is 0 Å². The summed E-state index contributed by atoms with van der Waals surface area (Å²) < 4.78 is 0. The number of carbonyl (C=O) groups excluding carboxylic acids is 4. The first-order valence-corrected chi connectivity index (χ1v) is 7.34. The van der Waals surface area contributed by atoms with Crippen LogP contribution < -0.4 is 5.32 Å². The number of hydrogen-bond donors (Lipinski definition) is 1. The number of carbonyl (C=O) groups is 4. The summed E-state index contributed by atoms with van der Waals surface area (Å²) in [5.74, 6) is -1.26. The van der Waals surface area contributed by atoms with E-state index in [1.165, 1.54) is 23.9 Å². The van der Waals surface area contributed by atoms with Crippen LogP contribution in [0.3, 0.4) is 0 Å². The van der Waals surface area contributed by atoms with Crippen molar-refractivity contribution >= 4 is 23.5 Å². The molecule has 0 fully saturated rings. The molecule has 0 aromatic heterocycles. The fraction of sp³-hybridized carbons (Fsp3) is 0.733. The van der Waals surface area contributed by atoms with Crippen molar-refractivity contribution < 1.29 is 19.2 Å². The Morgan fingerprint density at radius 3 is 1.77 bits per heavy atom. The van der Waals surface area contributed by atoms with E-state index in [2.05, 4.69) is 5.32 Å². The van der Waals surface area contributed by atoms with Crippen molar-refractivity contribution in [3.8, 4) is 0 Å². The van der Waals surface area contributed by atoms with E-state index in [0.29, 0.717) is 0 Å². The number of nitrogens with one attached hydrogen (secondary N) is 1. The zero-order chi connectivity index (χ0) is 17.4. The standard InChI is InChI=1S/C15H27N3O4/c1-10(2)12(19)8-17(5)14(21)9-18(6)13(20)7-16-15(22)11(3)4/h10-11H,7-9H2,1-6H3,(H,16,22). The molecule has 0 saturated heterocycles. The molecular weight excluding hydrogens is 286 g/mol. The molecule has 0 rings (SSSR count). The van der Waals surface area contributed by atoms with E-state index >= 15 is 0 Å². The normalized spacial score (nSPS) is 10.5. The smallest absolute Gasteiger partial charge is 0.242 e. The zero-order valence-corrected chi connectivity index (χ0v) is 14.3. The monoisotopic (exact) mass is 313 g/mol. The van der Waals surface area contributed by atoms with Crippen LogP contribution in [0, 0.1) is 11.8 Å².